The number of rotatable bonds is 2. The van der Waals surface area contributed by atoms with Crippen LogP contribution in [0.5, 0.6) is 0 Å². The summed E-state index contributed by atoms with van der Waals surface area (Å²) in [7, 11) is 0. The Morgan fingerprint density at radius 2 is 2.56 bits per heavy atom. The smallest absolute Gasteiger partial charge is 0.330 e. The molecule has 2 heteroatoms. The summed E-state index contributed by atoms with van der Waals surface area (Å²) in [6, 6.07) is 0. The number of carbonyl (C=O) groups is 1. The van der Waals surface area contributed by atoms with Gasteiger partial charge in [-0.3, -0.25) is 0 Å². The predicted molar refractivity (Wildman–Crippen MR) is 36.1 cm³/mol. The van der Waals surface area contributed by atoms with Crippen molar-refractivity contribution < 1.29 is 13.6 Å². The molecule has 0 fully saturated rings. The fraction of sp³-hybridized carbons (Fsp3) is 0.571. The Morgan fingerprint density at radius 1 is 1.89 bits per heavy atom. The van der Waals surface area contributed by atoms with Crippen molar-refractivity contribution >= 4 is 5.97 Å². The van der Waals surface area contributed by atoms with E-state index in [0.29, 0.717) is 0 Å². The van der Waals surface area contributed by atoms with E-state index < -0.39 is 12.8 Å². The molecule has 0 amide bonds. The highest BCUT2D eigenvalue weighted by atomic mass is 16.5. The predicted octanol–water partition coefficient (Wildman–Crippen LogP) is 1.52. The second-order valence-electron chi connectivity index (χ2n) is 1.58. The first-order valence-corrected chi connectivity index (χ1v) is 2.73. The second kappa shape index (κ2) is 4.13. The summed E-state index contributed by atoms with van der Waals surface area (Å²) in [5.41, 5.74) is 0.0425. The summed E-state index contributed by atoms with van der Waals surface area (Å²) >= 11 is 0. The van der Waals surface area contributed by atoms with Crippen molar-refractivity contribution in [2.45, 2.75) is 20.7 Å². The molecule has 0 aromatic rings. The van der Waals surface area contributed by atoms with Crippen LogP contribution in [0.3, 0.4) is 0 Å². The molecular formula is C7H12O2. The van der Waals surface area contributed by atoms with Crippen molar-refractivity contribution in [2.24, 2.45) is 0 Å². The molecule has 0 aliphatic carbocycles. The van der Waals surface area contributed by atoms with Crippen molar-refractivity contribution in [2.75, 3.05) is 6.61 Å². The van der Waals surface area contributed by atoms with E-state index in [2.05, 4.69) is 4.74 Å². The Labute approximate surface area is 59.7 Å². The maximum atomic E-state index is 10.8. The lowest BCUT2D eigenvalue weighted by Crippen LogP contribution is -1.99. The molecule has 0 N–H and O–H groups in total. The summed E-state index contributed by atoms with van der Waals surface area (Å²) in [6.45, 7) is 1.09. The number of allylic oxidation sites excluding steroid dienone is 1. The standard InChI is InChI=1S/C7H12O2/c1-4-9-7(8)5-6(2)3/h5H,4H2,1-3H3/i2D3. The number of esters is 1. The third-order valence-electron chi connectivity index (χ3n) is 0.621. The van der Waals surface area contributed by atoms with E-state index in [0.717, 1.165) is 6.08 Å². The molecule has 0 unspecified atom stereocenters. The molecule has 0 saturated carbocycles. The van der Waals surface area contributed by atoms with Gasteiger partial charge in [0.2, 0.25) is 0 Å². The monoisotopic (exact) mass is 131 g/mol. The minimum absolute atomic E-state index is 0.0425. The molecule has 2 nitrogen and oxygen atoms in total. The van der Waals surface area contributed by atoms with E-state index in [9.17, 15) is 4.79 Å². The topological polar surface area (TPSA) is 26.3 Å². The van der Waals surface area contributed by atoms with Gasteiger partial charge in [0, 0.05) is 10.2 Å². The zero-order valence-corrected chi connectivity index (χ0v) is 5.60. The molecule has 0 aliphatic heterocycles. The third-order valence-corrected chi connectivity index (χ3v) is 0.621. The number of hydrogen-bond acceptors (Lipinski definition) is 2. The zero-order valence-electron chi connectivity index (χ0n) is 8.60. The van der Waals surface area contributed by atoms with E-state index in [-0.39, 0.29) is 12.2 Å². The first-order valence-electron chi connectivity index (χ1n) is 4.23. The SMILES string of the molecule is [2H]C([2H])([2H])C(C)=CC(=O)OCC. The molecule has 0 rings (SSSR count). The minimum Gasteiger partial charge on any atom is -0.463 e. The van der Waals surface area contributed by atoms with Crippen LogP contribution < -0.4 is 0 Å². The number of ether oxygens (including phenoxy) is 1. The first kappa shape index (κ1) is 4.09. The lowest BCUT2D eigenvalue weighted by molar-refractivity contribution is -0.137. The highest BCUT2D eigenvalue weighted by molar-refractivity contribution is 5.82. The molecule has 0 aromatic heterocycles. The fourth-order valence-electron chi connectivity index (χ4n) is 0.361. The highest BCUT2D eigenvalue weighted by Crippen LogP contribution is 1.89. The quantitative estimate of drug-likeness (QED) is 0.419. The van der Waals surface area contributed by atoms with Crippen LogP contribution in [0.1, 0.15) is 24.8 Å². The van der Waals surface area contributed by atoms with Crippen LogP contribution in [-0.4, -0.2) is 12.6 Å². The fourth-order valence-corrected chi connectivity index (χ4v) is 0.361. The van der Waals surface area contributed by atoms with Gasteiger partial charge in [-0.2, -0.15) is 0 Å². The molecule has 0 radical (unpaired) electrons. The lowest BCUT2D eigenvalue weighted by Gasteiger charge is -1.94. The van der Waals surface area contributed by atoms with Crippen LogP contribution in [0.2, 0.25) is 0 Å². The molecule has 0 saturated heterocycles. The summed E-state index contributed by atoms with van der Waals surface area (Å²) in [6.07, 6.45) is 0.997. The van der Waals surface area contributed by atoms with Crippen molar-refractivity contribution in [1.82, 2.24) is 0 Å². The van der Waals surface area contributed by atoms with Gasteiger partial charge in [0.1, 0.15) is 0 Å². The van der Waals surface area contributed by atoms with Crippen LogP contribution in [0, 0.1) is 0 Å². The average Bonchev–Trinajstić information content (AvgIpc) is 1.85. The number of carbonyl (C=O) groups excluding carboxylic acids is 1. The third kappa shape index (κ3) is 5.07. The molecule has 0 heterocycles. The lowest BCUT2D eigenvalue weighted by atomic mass is 10.3. The Hall–Kier alpha value is -0.790. The molecule has 0 atom stereocenters. The van der Waals surface area contributed by atoms with E-state index in [1.165, 1.54) is 6.92 Å². The van der Waals surface area contributed by atoms with Crippen molar-refractivity contribution in [3.63, 3.8) is 0 Å². The van der Waals surface area contributed by atoms with E-state index in [4.69, 9.17) is 4.11 Å². The minimum atomic E-state index is -2.20. The summed E-state index contributed by atoms with van der Waals surface area (Å²) in [5.74, 6) is -0.605. The first-order chi connectivity index (χ1) is 5.38. The van der Waals surface area contributed by atoms with Crippen LogP contribution in [0.15, 0.2) is 11.6 Å². The van der Waals surface area contributed by atoms with Crippen LogP contribution in [0.25, 0.3) is 0 Å². The summed E-state index contributed by atoms with van der Waals surface area (Å²) in [5, 5.41) is 0. The van der Waals surface area contributed by atoms with Crippen LogP contribution in [0.4, 0.5) is 0 Å². The second-order valence-corrected chi connectivity index (χ2v) is 1.58. The average molecular weight is 131 g/mol. The van der Waals surface area contributed by atoms with Gasteiger partial charge in [0.05, 0.1) is 6.61 Å². The molecular weight excluding hydrogens is 116 g/mol. The Bertz CT molecular complexity index is 193. The molecule has 52 valence electrons. The van der Waals surface area contributed by atoms with Crippen molar-refractivity contribution in [3.05, 3.63) is 11.6 Å². The molecule has 0 bridgehead atoms. The molecule has 0 aliphatic rings. The van der Waals surface area contributed by atoms with E-state index >= 15 is 0 Å². The Kier molecular flexibility index (Phi) is 1.88. The Balaban J connectivity index is 4.26. The van der Waals surface area contributed by atoms with Crippen LogP contribution >= 0.6 is 0 Å². The van der Waals surface area contributed by atoms with Gasteiger partial charge in [0.25, 0.3) is 0 Å². The molecule has 9 heavy (non-hydrogen) atoms. The molecule has 0 aromatic carbocycles. The van der Waals surface area contributed by atoms with Gasteiger partial charge in [0.15, 0.2) is 0 Å². The van der Waals surface area contributed by atoms with Crippen molar-refractivity contribution in [1.29, 1.82) is 0 Å². The highest BCUT2D eigenvalue weighted by Gasteiger charge is 1.92. The summed E-state index contributed by atoms with van der Waals surface area (Å²) < 4.78 is 25.3. The zero-order chi connectivity index (χ0) is 9.78. The van der Waals surface area contributed by atoms with Crippen LogP contribution in [-0.2, 0) is 9.53 Å². The van der Waals surface area contributed by atoms with Gasteiger partial charge in [-0.15, -0.1) is 0 Å². The van der Waals surface area contributed by atoms with Gasteiger partial charge in [-0.1, -0.05) is 5.57 Å². The van der Waals surface area contributed by atoms with E-state index in [1.54, 1.807) is 6.92 Å². The largest absolute Gasteiger partial charge is 0.463 e. The maximum absolute atomic E-state index is 10.8. The van der Waals surface area contributed by atoms with Gasteiger partial charge in [-0.05, 0) is 20.7 Å². The summed E-state index contributed by atoms with van der Waals surface area (Å²) in [4.78, 5) is 10.8. The molecule has 0 spiro atoms. The normalized spacial score (nSPS) is 17.6. The van der Waals surface area contributed by atoms with Gasteiger partial charge >= 0.3 is 5.97 Å². The number of hydrogen-bond donors (Lipinski definition) is 0. The van der Waals surface area contributed by atoms with Gasteiger partial charge in [-0.25, -0.2) is 4.79 Å². The van der Waals surface area contributed by atoms with Gasteiger partial charge < -0.3 is 4.74 Å². The Morgan fingerprint density at radius 3 is 3.00 bits per heavy atom. The van der Waals surface area contributed by atoms with Crippen molar-refractivity contribution in [3.8, 4) is 0 Å². The van der Waals surface area contributed by atoms with E-state index in [1.807, 2.05) is 0 Å². The maximum Gasteiger partial charge on any atom is 0.330 e.